The van der Waals surface area contributed by atoms with Gasteiger partial charge in [0.15, 0.2) is 0 Å². The van der Waals surface area contributed by atoms with Gasteiger partial charge in [0.05, 0.1) is 19.1 Å². The molecule has 0 bridgehead atoms. The highest BCUT2D eigenvalue weighted by Gasteiger charge is 2.31. The second-order valence-electron chi connectivity index (χ2n) is 7.31. The lowest BCUT2D eigenvalue weighted by Crippen LogP contribution is -2.47. The van der Waals surface area contributed by atoms with Gasteiger partial charge in [-0.15, -0.1) is 0 Å². The molecule has 0 aromatic carbocycles. The fraction of sp³-hybridized carbons (Fsp3) is 0.833. The Morgan fingerprint density at radius 2 is 2.08 bits per heavy atom. The van der Waals surface area contributed by atoms with Crippen LogP contribution in [0.2, 0.25) is 0 Å². The zero-order valence-corrected chi connectivity index (χ0v) is 15.2. The number of nitrogens with zero attached hydrogens (tertiary/aromatic N) is 3. The summed E-state index contributed by atoms with van der Waals surface area (Å²) in [4.78, 5) is 18.5. The maximum absolute atomic E-state index is 12.1. The average Bonchev–Trinajstić information content (AvgIpc) is 3.20. The number of hydrogen-bond donors (Lipinski definition) is 2. The molecule has 1 aliphatic heterocycles. The Morgan fingerprint density at radius 3 is 2.72 bits per heavy atom. The number of likely N-dealkylation sites (tertiary alicyclic amines) is 1. The van der Waals surface area contributed by atoms with Crippen molar-refractivity contribution >= 4 is 5.91 Å². The Bertz CT molecular complexity index is 508. The van der Waals surface area contributed by atoms with Gasteiger partial charge in [0.2, 0.25) is 5.91 Å². The fourth-order valence-electron chi connectivity index (χ4n) is 4.17. The predicted octanol–water partition coefficient (Wildman–Crippen LogP) is 2.04. The van der Waals surface area contributed by atoms with E-state index >= 15 is 0 Å². The number of piperidine rings is 1. The van der Waals surface area contributed by atoms with E-state index in [0.717, 1.165) is 31.8 Å². The van der Waals surface area contributed by atoms with Gasteiger partial charge in [0, 0.05) is 26.2 Å². The molecular formula is C18H31N5O2. The first-order valence-corrected chi connectivity index (χ1v) is 9.66. The predicted molar refractivity (Wildman–Crippen MR) is 94.9 cm³/mol. The molecule has 2 heterocycles. The lowest BCUT2D eigenvalue weighted by molar-refractivity contribution is -0.133. The van der Waals surface area contributed by atoms with Crippen molar-refractivity contribution in [2.24, 2.45) is 5.92 Å². The van der Waals surface area contributed by atoms with Crippen LogP contribution in [0.3, 0.4) is 0 Å². The topological polar surface area (TPSA) is 83.1 Å². The molecule has 140 valence electrons. The van der Waals surface area contributed by atoms with Crippen LogP contribution in [0.1, 0.15) is 63.2 Å². The van der Waals surface area contributed by atoms with Crippen LogP contribution in [0, 0.1) is 5.92 Å². The highest BCUT2D eigenvalue weighted by atomic mass is 16.5. The van der Waals surface area contributed by atoms with Crippen molar-refractivity contribution in [1.82, 2.24) is 25.4 Å². The van der Waals surface area contributed by atoms with Crippen molar-refractivity contribution in [3.8, 4) is 0 Å². The van der Waals surface area contributed by atoms with Gasteiger partial charge in [0.1, 0.15) is 12.2 Å². The van der Waals surface area contributed by atoms with Gasteiger partial charge >= 0.3 is 0 Å². The second kappa shape index (κ2) is 9.29. The molecule has 1 atom stereocenters. The fourth-order valence-corrected chi connectivity index (χ4v) is 4.17. The summed E-state index contributed by atoms with van der Waals surface area (Å²) < 4.78 is 5.01. The normalized spacial score (nSPS) is 21.4. The first-order chi connectivity index (χ1) is 12.3. The molecule has 1 unspecified atom stereocenters. The van der Waals surface area contributed by atoms with Gasteiger partial charge in [-0.1, -0.05) is 19.3 Å². The summed E-state index contributed by atoms with van der Waals surface area (Å²) in [5.41, 5.74) is 0. The quantitative estimate of drug-likeness (QED) is 0.787. The zero-order chi connectivity index (χ0) is 17.5. The van der Waals surface area contributed by atoms with Crippen LogP contribution in [-0.2, 0) is 9.53 Å². The molecule has 1 saturated heterocycles. The maximum atomic E-state index is 12.1. The summed E-state index contributed by atoms with van der Waals surface area (Å²) in [7, 11) is 1.64. The summed E-state index contributed by atoms with van der Waals surface area (Å²) in [5, 5.41) is 11.0. The van der Waals surface area contributed by atoms with E-state index in [4.69, 9.17) is 4.74 Å². The monoisotopic (exact) mass is 349 g/mol. The van der Waals surface area contributed by atoms with Crippen LogP contribution in [-0.4, -0.2) is 58.8 Å². The minimum Gasteiger partial charge on any atom is -0.384 e. The van der Waals surface area contributed by atoms with E-state index in [2.05, 4.69) is 20.5 Å². The highest BCUT2D eigenvalue weighted by Crippen LogP contribution is 2.34. The van der Waals surface area contributed by atoms with Gasteiger partial charge in [-0.3, -0.25) is 9.89 Å². The van der Waals surface area contributed by atoms with E-state index in [1.165, 1.54) is 32.1 Å². The molecule has 2 fully saturated rings. The Morgan fingerprint density at radius 1 is 1.32 bits per heavy atom. The standard InChI is InChI=1S/C18H31N5O2/c1-25-12-9-16(24)23-10-7-15(8-11-23)21-17(18-19-13-20-22-18)14-5-3-2-4-6-14/h13-15,17,21H,2-12H2,1H3,(H,19,20,22). The molecule has 2 aliphatic rings. The largest absolute Gasteiger partial charge is 0.384 e. The van der Waals surface area contributed by atoms with Crippen molar-refractivity contribution in [2.75, 3.05) is 26.8 Å². The van der Waals surface area contributed by atoms with E-state index < -0.39 is 0 Å². The molecule has 1 aliphatic carbocycles. The van der Waals surface area contributed by atoms with E-state index in [-0.39, 0.29) is 11.9 Å². The summed E-state index contributed by atoms with van der Waals surface area (Å²) in [6, 6.07) is 0.687. The van der Waals surface area contributed by atoms with E-state index in [0.29, 0.717) is 25.0 Å². The molecule has 0 spiro atoms. The molecule has 1 saturated carbocycles. The maximum Gasteiger partial charge on any atom is 0.224 e. The lowest BCUT2D eigenvalue weighted by atomic mass is 9.83. The number of hydrogen-bond acceptors (Lipinski definition) is 5. The summed E-state index contributed by atoms with van der Waals surface area (Å²) in [5.74, 6) is 1.80. The number of rotatable bonds is 7. The molecule has 25 heavy (non-hydrogen) atoms. The lowest BCUT2D eigenvalue weighted by Gasteiger charge is -2.37. The third-order valence-corrected chi connectivity index (χ3v) is 5.63. The molecule has 7 nitrogen and oxygen atoms in total. The highest BCUT2D eigenvalue weighted by molar-refractivity contribution is 5.76. The molecular weight excluding hydrogens is 318 g/mol. The third kappa shape index (κ3) is 5.01. The van der Waals surface area contributed by atoms with E-state index in [1.807, 2.05) is 4.90 Å². The first kappa shape index (κ1) is 18.3. The van der Waals surface area contributed by atoms with Gasteiger partial charge < -0.3 is 15.0 Å². The van der Waals surface area contributed by atoms with Crippen molar-refractivity contribution in [2.45, 2.75) is 63.5 Å². The van der Waals surface area contributed by atoms with Gasteiger partial charge in [-0.05, 0) is 31.6 Å². The Balaban J connectivity index is 1.53. The average molecular weight is 349 g/mol. The SMILES string of the molecule is COCCC(=O)N1CCC(NC(c2ncn[nH]2)C2CCCCC2)CC1. The minimum atomic E-state index is 0.208. The molecule has 3 rings (SSSR count). The molecule has 1 amide bonds. The van der Waals surface area contributed by atoms with Crippen LogP contribution < -0.4 is 5.32 Å². The number of carbonyl (C=O) groups is 1. The van der Waals surface area contributed by atoms with Gasteiger partial charge in [0.25, 0.3) is 0 Å². The van der Waals surface area contributed by atoms with E-state index in [1.54, 1.807) is 13.4 Å². The number of aromatic nitrogens is 3. The third-order valence-electron chi connectivity index (χ3n) is 5.63. The Kier molecular flexibility index (Phi) is 6.81. The van der Waals surface area contributed by atoms with Crippen molar-refractivity contribution in [3.63, 3.8) is 0 Å². The van der Waals surface area contributed by atoms with Crippen molar-refractivity contribution < 1.29 is 9.53 Å². The number of amides is 1. The Hall–Kier alpha value is -1.47. The molecule has 1 aromatic rings. The van der Waals surface area contributed by atoms with Crippen molar-refractivity contribution in [3.05, 3.63) is 12.2 Å². The molecule has 2 N–H and O–H groups in total. The van der Waals surface area contributed by atoms with Gasteiger partial charge in [-0.25, -0.2) is 4.98 Å². The van der Waals surface area contributed by atoms with Crippen LogP contribution in [0.25, 0.3) is 0 Å². The van der Waals surface area contributed by atoms with Crippen LogP contribution in [0.5, 0.6) is 0 Å². The number of methoxy groups -OCH3 is 1. The molecule has 0 radical (unpaired) electrons. The van der Waals surface area contributed by atoms with Crippen LogP contribution >= 0.6 is 0 Å². The Labute approximate surface area is 149 Å². The van der Waals surface area contributed by atoms with Crippen molar-refractivity contribution in [1.29, 1.82) is 0 Å². The summed E-state index contributed by atoms with van der Waals surface area (Å²) in [6.07, 6.45) is 10.6. The molecule has 1 aromatic heterocycles. The number of ether oxygens (including phenoxy) is 1. The first-order valence-electron chi connectivity index (χ1n) is 9.66. The van der Waals surface area contributed by atoms with Crippen LogP contribution in [0.15, 0.2) is 6.33 Å². The number of H-pyrrole nitrogens is 1. The van der Waals surface area contributed by atoms with Crippen LogP contribution in [0.4, 0.5) is 0 Å². The smallest absolute Gasteiger partial charge is 0.224 e. The number of carbonyl (C=O) groups excluding carboxylic acids is 1. The summed E-state index contributed by atoms with van der Waals surface area (Å²) >= 11 is 0. The van der Waals surface area contributed by atoms with Gasteiger partial charge in [-0.2, -0.15) is 5.10 Å². The molecule has 7 heteroatoms. The number of aromatic amines is 1. The zero-order valence-electron chi connectivity index (χ0n) is 15.2. The van der Waals surface area contributed by atoms with E-state index in [9.17, 15) is 4.79 Å². The minimum absolute atomic E-state index is 0.208. The second-order valence-corrected chi connectivity index (χ2v) is 7.31. The number of nitrogens with one attached hydrogen (secondary N) is 2. The summed E-state index contributed by atoms with van der Waals surface area (Å²) in [6.45, 7) is 2.16.